The summed E-state index contributed by atoms with van der Waals surface area (Å²) in [6, 6.07) is 0. The standard InChI is InChI=1S/C10H14N4OS/c1-5-15-6-2-8(1)7-12-9-13-14-4-3-11-10(14)16-9/h3-4,8H,1-2,5-7H2,(H,12,13). The van der Waals surface area contributed by atoms with Crippen LogP contribution in [0.4, 0.5) is 5.13 Å². The van der Waals surface area contributed by atoms with Gasteiger partial charge < -0.3 is 10.1 Å². The molecule has 0 radical (unpaired) electrons. The summed E-state index contributed by atoms with van der Waals surface area (Å²) in [6.45, 7) is 2.78. The smallest absolute Gasteiger partial charge is 0.213 e. The minimum absolute atomic E-state index is 0.713. The average molecular weight is 238 g/mol. The van der Waals surface area contributed by atoms with Gasteiger partial charge in [0.05, 0.1) is 6.20 Å². The molecule has 0 atom stereocenters. The lowest BCUT2D eigenvalue weighted by Gasteiger charge is -2.21. The summed E-state index contributed by atoms with van der Waals surface area (Å²) in [5.74, 6) is 0.713. The summed E-state index contributed by atoms with van der Waals surface area (Å²) >= 11 is 1.59. The van der Waals surface area contributed by atoms with Crippen molar-refractivity contribution in [1.29, 1.82) is 0 Å². The number of imidazole rings is 1. The Bertz CT molecular complexity index is 432. The Morgan fingerprint density at radius 1 is 1.50 bits per heavy atom. The van der Waals surface area contributed by atoms with E-state index in [1.807, 2.05) is 6.20 Å². The molecule has 0 unspecified atom stereocenters. The Labute approximate surface area is 97.4 Å². The van der Waals surface area contributed by atoms with E-state index in [0.29, 0.717) is 5.92 Å². The molecule has 2 aromatic rings. The van der Waals surface area contributed by atoms with Crippen LogP contribution in [0.2, 0.25) is 0 Å². The van der Waals surface area contributed by atoms with Gasteiger partial charge in [0.25, 0.3) is 0 Å². The van der Waals surface area contributed by atoms with Crippen molar-refractivity contribution in [3.63, 3.8) is 0 Å². The molecule has 16 heavy (non-hydrogen) atoms. The second-order valence-electron chi connectivity index (χ2n) is 4.00. The summed E-state index contributed by atoms with van der Waals surface area (Å²) in [6.07, 6.45) is 5.93. The van der Waals surface area contributed by atoms with Crippen molar-refractivity contribution >= 4 is 21.4 Å². The second-order valence-corrected chi connectivity index (χ2v) is 4.95. The lowest BCUT2D eigenvalue weighted by Crippen LogP contribution is -2.22. The van der Waals surface area contributed by atoms with Gasteiger partial charge in [-0.25, -0.2) is 9.50 Å². The van der Waals surface area contributed by atoms with Gasteiger partial charge in [0, 0.05) is 26.0 Å². The number of nitrogens with zero attached hydrogens (tertiary/aromatic N) is 3. The van der Waals surface area contributed by atoms with Gasteiger partial charge in [-0.1, -0.05) is 11.3 Å². The van der Waals surface area contributed by atoms with Crippen LogP contribution in [0.1, 0.15) is 12.8 Å². The molecule has 1 N–H and O–H groups in total. The van der Waals surface area contributed by atoms with Crippen molar-refractivity contribution < 1.29 is 4.74 Å². The molecular formula is C10H14N4OS. The number of nitrogens with one attached hydrogen (secondary N) is 1. The van der Waals surface area contributed by atoms with Gasteiger partial charge in [0.15, 0.2) is 0 Å². The highest BCUT2D eigenvalue weighted by molar-refractivity contribution is 7.20. The fourth-order valence-electron chi connectivity index (χ4n) is 1.89. The van der Waals surface area contributed by atoms with Crippen LogP contribution in [0.25, 0.3) is 4.96 Å². The molecule has 86 valence electrons. The number of hydrogen-bond acceptors (Lipinski definition) is 5. The van der Waals surface area contributed by atoms with Crippen LogP contribution in [0.3, 0.4) is 0 Å². The Morgan fingerprint density at radius 3 is 3.19 bits per heavy atom. The van der Waals surface area contributed by atoms with Crippen molar-refractivity contribution in [2.45, 2.75) is 12.8 Å². The Kier molecular flexibility index (Phi) is 2.75. The first-order valence-electron chi connectivity index (χ1n) is 5.53. The molecule has 1 aliphatic heterocycles. The Balaban J connectivity index is 1.59. The molecule has 1 saturated heterocycles. The van der Waals surface area contributed by atoms with Gasteiger partial charge in [-0.05, 0) is 18.8 Å². The third kappa shape index (κ3) is 2.03. The largest absolute Gasteiger partial charge is 0.381 e. The lowest BCUT2D eigenvalue weighted by atomic mass is 10.0. The van der Waals surface area contributed by atoms with Gasteiger partial charge in [-0.2, -0.15) is 0 Å². The van der Waals surface area contributed by atoms with E-state index in [2.05, 4.69) is 15.4 Å². The molecule has 1 fully saturated rings. The van der Waals surface area contributed by atoms with Crippen molar-refractivity contribution in [3.05, 3.63) is 12.4 Å². The average Bonchev–Trinajstić information content (AvgIpc) is 2.88. The zero-order chi connectivity index (χ0) is 10.8. The summed E-state index contributed by atoms with van der Waals surface area (Å²) < 4.78 is 7.14. The zero-order valence-electron chi connectivity index (χ0n) is 8.93. The molecule has 1 aliphatic rings. The SMILES string of the molecule is c1cn2nc(NCC3CCOCC3)sc2n1. The van der Waals surface area contributed by atoms with Crippen LogP contribution >= 0.6 is 11.3 Å². The van der Waals surface area contributed by atoms with Crippen LogP contribution in [0, 0.1) is 5.92 Å². The number of ether oxygens (including phenoxy) is 1. The summed E-state index contributed by atoms with van der Waals surface area (Å²) in [5.41, 5.74) is 0. The molecule has 0 spiro atoms. The van der Waals surface area contributed by atoms with Crippen LogP contribution < -0.4 is 5.32 Å². The van der Waals surface area contributed by atoms with E-state index in [0.717, 1.165) is 42.7 Å². The first-order chi connectivity index (χ1) is 7.92. The van der Waals surface area contributed by atoms with Crippen molar-refractivity contribution in [2.24, 2.45) is 5.92 Å². The van der Waals surface area contributed by atoms with Gasteiger partial charge in [-0.15, -0.1) is 5.10 Å². The Hall–Kier alpha value is -1.14. The fourth-order valence-corrected chi connectivity index (χ4v) is 2.66. The fraction of sp³-hybridized carbons (Fsp3) is 0.600. The van der Waals surface area contributed by atoms with E-state index >= 15 is 0 Å². The zero-order valence-corrected chi connectivity index (χ0v) is 9.74. The number of fused-ring (bicyclic) bond motifs is 1. The second kappa shape index (κ2) is 4.39. The third-order valence-electron chi connectivity index (χ3n) is 2.86. The van der Waals surface area contributed by atoms with E-state index in [9.17, 15) is 0 Å². The summed E-state index contributed by atoms with van der Waals surface area (Å²) in [7, 11) is 0. The minimum Gasteiger partial charge on any atom is -0.381 e. The quantitative estimate of drug-likeness (QED) is 0.883. The maximum atomic E-state index is 5.33. The molecule has 3 rings (SSSR count). The third-order valence-corrected chi connectivity index (χ3v) is 3.75. The van der Waals surface area contributed by atoms with Crippen molar-refractivity contribution in [2.75, 3.05) is 25.1 Å². The molecule has 0 saturated carbocycles. The van der Waals surface area contributed by atoms with Crippen LogP contribution in [0.5, 0.6) is 0 Å². The number of anilines is 1. The van der Waals surface area contributed by atoms with E-state index in [4.69, 9.17) is 4.74 Å². The van der Waals surface area contributed by atoms with Gasteiger partial charge in [0.2, 0.25) is 10.1 Å². The molecule has 0 aromatic carbocycles. The highest BCUT2D eigenvalue weighted by atomic mass is 32.1. The predicted molar refractivity (Wildman–Crippen MR) is 62.9 cm³/mol. The first-order valence-corrected chi connectivity index (χ1v) is 6.35. The van der Waals surface area contributed by atoms with Gasteiger partial charge >= 0.3 is 0 Å². The van der Waals surface area contributed by atoms with E-state index in [-0.39, 0.29) is 0 Å². The predicted octanol–water partition coefficient (Wildman–Crippen LogP) is 1.63. The first kappa shape index (κ1) is 10.0. The molecule has 3 heterocycles. The lowest BCUT2D eigenvalue weighted by molar-refractivity contribution is 0.0699. The van der Waals surface area contributed by atoms with Crippen LogP contribution in [0.15, 0.2) is 12.4 Å². The van der Waals surface area contributed by atoms with Crippen molar-refractivity contribution in [3.8, 4) is 0 Å². The molecular weight excluding hydrogens is 224 g/mol. The van der Waals surface area contributed by atoms with Gasteiger partial charge in [0.1, 0.15) is 0 Å². The molecule has 0 amide bonds. The monoisotopic (exact) mass is 238 g/mol. The van der Waals surface area contributed by atoms with E-state index < -0.39 is 0 Å². The van der Waals surface area contributed by atoms with Gasteiger partial charge in [-0.3, -0.25) is 0 Å². The molecule has 0 aliphatic carbocycles. The molecule has 5 nitrogen and oxygen atoms in total. The molecule has 6 heteroatoms. The minimum atomic E-state index is 0.713. The van der Waals surface area contributed by atoms with Crippen LogP contribution in [-0.2, 0) is 4.74 Å². The van der Waals surface area contributed by atoms with E-state index in [1.54, 1.807) is 22.0 Å². The maximum absolute atomic E-state index is 5.33. The summed E-state index contributed by atoms with van der Waals surface area (Å²) in [5, 5.41) is 8.72. The van der Waals surface area contributed by atoms with E-state index in [1.165, 1.54) is 0 Å². The number of hydrogen-bond donors (Lipinski definition) is 1. The number of rotatable bonds is 3. The molecule has 2 aromatic heterocycles. The van der Waals surface area contributed by atoms with Crippen molar-refractivity contribution in [1.82, 2.24) is 14.6 Å². The Morgan fingerprint density at radius 2 is 2.38 bits per heavy atom. The topological polar surface area (TPSA) is 51.5 Å². The maximum Gasteiger partial charge on any atom is 0.213 e. The number of aromatic nitrogens is 3. The normalized spacial score (nSPS) is 18.0. The molecule has 0 bridgehead atoms. The highest BCUT2D eigenvalue weighted by Crippen LogP contribution is 2.20. The summed E-state index contributed by atoms with van der Waals surface area (Å²) in [4.78, 5) is 5.13. The van der Waals surface area contributed by atoms with Crippen LogP contribution in [-0.4, -0.2) is 34.4 Å². The highest BCUT2D eigenvalue weighted by Gasteiger charge is 2.14.